The predicted octanol–water partition coefficient (Wildman–Crippen LogP) is 2.98. The Balaban J connectivity index is 2.04. The fourth-order valence-electron chi connectivity index (χ4n) is 2.33. The lowest BCUT2D eigenvalue weighted by molar-refractivity contribution is -0.120. The monoisotopic (exact) mass is 306 g/mol. The first-order chi connectivity index (χ1) is 10.9. The summed E-state index contributed by atoms with van der Waals surface area (Å²) < 4.78 is 4.88. The third-order valence-corrected chi connectivity index (χ3v) is 5.75. The Hall–Kier alpha value is -2.44. The maximum absolute atomic E-state index is 10.4. The molecule has 0 fully saturated rings. The zero-order valence-corrected chi connectivity index (χ0v) is 12.8. The van der Waals surface area contributed by atoms with Gasteiger partial charge >= 0.3 is 0 Å². The van der Waals surface area contributed by atoms with E-state index in [0.29, 0.717) is 12.2 Å². The summed E-state index contributed by atoms with van der Waals surface area (Å²) >= 11 is 0. The molecule has 3 heteroatoms. The van der Waals surface area contributed by atoms with Gasteiger partial charge in [0.15, 0.2) is 0 Å². The molecule has 0 saturated carbocycles. The highest BCUT2D eigenvalue weighted by molar-refractivity contribution is 7.79. The van der Waals surface area contributed by atoms with Crippen molar-refractivity contribution in [2.75, 3.05) is 0 Å². The van der Waals surface area contributed by atoms with Crippen molar-refractivity contribution in [3.63, 3.8) is 0 Å². The van der Waals surface area contributed by atoms with Crippen molar-refractivity contribution in [2.45, 2.75) is 0 Å². The van der Waals surface area contributed by atoms with Crippen LogP contribution in [0, 0.1) is 0 Å². The standard InChI is InChI=1S/C19H15O2P/c20-15-21-16-11-13-19(14-12-16)22(17-7-3-1-4-8-17)18-9-5-2-6-10-18/h1-15H. The van der Waals surface area contributed by atoms with E-state index in [1.165, 1.54) is 15.9 Å². The highest BCUT2D eigenvalue weighted by Gasteiger charge is 2.15. The van der Waals surface area contributed by atoms with Crippen molar-refractivity contribution in [1.82, 2.24) is 0 Å². The molecule has 0 spiro atoms. The van der Waals surface area contributed by atoms with Crippen molar-refractivity contribution in [1.29, 1.82) is 0 Å². The summed E-state index contributed by atoms with van der Waals surface area (Å²) in [6, 6.07) is 28.7. The molecular weight excluding hydrogens is 291 g/mol. The zero-order valence-electron chi connectivity index (χ0n) is 11.9. The molecule has 0 atom stereocenters. The number of benzene rings is 3. The lowest BCUT2D eigenvalue weighted by atomic mass is 10.3. The molecule has 0 unspecified atom stereocenters. The van der Waals surface area contributed by atoms with Crippen LogP contribution in [0.1, 0.15) is 0 Å². The van der Waals surface area contributed by atoms with Crippen LogP contribution in [0.25, 0.3) is 0 Å². The first-order valence-electron chi connectivity index (χ1n) is 6.99. The molecule has 0 saturated heterocycles. The summed E-state index contributed by atoms with van der Waals surface area (Å²) in [4.78, 5) is 10.4. The van der Waals surface area contributed by atoms with Gasteiger partial charge in [-0.1, -0.05) is 72.8 Å². The highest BCUT2D eigenvalue weighted by atomic mass is 31.1. The largest absolute Gasteiger partial charge is 0.429 e. The highest BCUT2D eigenvalue weighted by Crippen LogP contribution is 2.32. The van der Waals surface area contributed by atoms with Crippen LogP contribution in [0.3, 0.4) is 0 Å². The first-order valence-corrected chi connectivity index (χ1v) is 8.33. The second kappa shape index (κ2) is 7.02. The van der Waals surface area contributed by atoms with E-state index in [1.807, 2.05) is 36.4 Å². The van der Waals surface area contributed by atoms with Crippen molar-refractivity contribution < 1.29 is 9.53 Å². The van der Waals surface area contributed by atoms with Crippen LogP contribution in [0.2, 0.25) is 0 Å². The van der Waals surface area contributed by atoms with Crippen LogP contribution in [-0.4, -0.2) is 6.47 Å². The summed E-state index contributed by atoms with van der Waals surface area (Å²) in [6.07, 6.45) is 0. The lowest BCUT2D eigenvalue weighted by Gasteiger charge is -2.19. The Bertz CT molecular complexity index is 685. The Kier molecular flexibility index (Phi) is 4.62. The molecule has 0 N–H and O–H groups in total. The summed E-state index contributed by atoms with van der Waals surface area (Å²) in [5, 5.41) is 3.83. The minimum Gasteiger partial charge on any atom is -0.429 e. The summed E-state index contributed by atoms with van der Waals surface area (Å²) in [5.41, 5.74) is 0. The molecule has 108 valence electrons. The molecule has 0 aliphatic carbocycles. The van der Waals surface area contributed by atoms with Gasteiger partial charge in [-0.25, -0.2) is 0 Å². The second-order valence-electron chi connectivity index (χ2n) is 4.71. The number of ether oxygens (including phenoxy) is 1. The van der Waals surface area contributed by atoms with E-state index in [0.717, 1.165) is 0 Å². The van der Waals surface area contributed by atoms with Gasteiger partial charge in [-0.15, -0.1) is 0 Å². The average Bonchev–Trinajstić information content (AvgIpc) is 2.59. The van der Waals surface area contributed by atoms with E-state index < -0.39 is 7.92 Å². The molecule has 0 radical (unpaired) electrons. The molecular formula is C19H15O2P. The molecule has 3 rings (SSSR count). The predicted molar refractivity (Wildman–Crippen MR) is 91.8 cm³/mol. The van der Waals surface area contributed by atoms with Gasteiger partial charge in [-0.3, -0.25) is 4.79 Å². The van der Waals surface area contributed by atoms with Crippen molar-refractivity contribution in [2.24, 2.45) is 0 Å². The number of carbonyl (C=O) groups excluding carboxylic acids is 1. The fraction of sp³-hybridized carbons (Fsp3) is 0. The van der Waals surface area contributed by atoms with Crippen LogP contribution in [0.4, 0.5) is 0 Å². The smallest absolute Gasteiger partial charge is 0.298 e. The van der Waals surface area contributed by atoms with Gasteiger partial charge in [0.2, 0.25) is 0 Å². The van der Waals surface area contributed by atoms with Gasteiger partial charge in [0.05, 0.1) is 0 Å². The van der Waals surface area contributed by atoms with Crippen molar-refractivity contribution >= 4 is 30.3 Å². The Morgan fingerprint density at radius 2 is 1.09 bits per heavy atom. The number of carbonyl (C=O) groups is 1. The Morgan fingerprint density at radius 3 is 1.55 bits per heavy atom. The van der Waals surface area contributed by atoms with Crippen LogP contribution in [-0.2, 0) is 4.79 Å². The maximum atomic E-state index is 10.4. The maximum Gasteiger partial charge on any atom is 0.298 e. The van der Waals surface area contributed by atoms with Gasteiger partial charge in [0.1, 0.15) is 5.75 Å². The van der Waals surface area contributed by atoms with Crippen LogP contribution >= 0.6 is 7.92 Å². The topological polar surface area (TPSA) is 26.3 Å². The minimum absolute atomic E-state index is 0.451. The first kappa shape index (κ1) is 14.5. The molecule has 0 aliphatic heterocycles. The molecule has 0 aliphatic rings. The molecule has 0 aromatic heterocycles. The van der Waals surface area contributed by atoms with Gasteiger partial charge < -0.3 is 4.74 Å². The van der Waals surface area contributed by atoms with Gasteiger partial charge in [0.25, 0.3) is 6.47 Å². The number of hydrogen-bond donors (Lipinski definition) is 0. The number of rotatable bonds is 5. The third-order valence-electron chi connectivity index (χ3n) is 3.31. The van der Waals surface area contributed by atoms with Gasteiger partial charge in [-0.2, -0.15) is 0 Å². The Labute approximate surface area is 131 Å². The third kappa shape index (κ3) is 3.24. The molecule has 2 nitrogen and oxygen atoms in total. The van der Waals surface area contributed by atoms with E-state index in [2.05, 4.69) is 48.5 Å². The molecule has 22 heavy (non-hydrogen) atoms. The molecule has 0 amide bonds. The lowest BCUT2D eigenvalue weighted by Crippen LogP contribution is -2.20. The quantitative estimate of drug-likeness (QED) is 0.535. The van der Waals surface area contributed by atoms with E-state index >= 15 is 0 Å². The van der Waals surface area contributed by atoms with E-state index in [-0.39, 0.29) is 0 Å². The van der Waals surface area contributed by atoms with Crippen LogP contribution in [0.5, 0.6) is 5.75 Å². The van der Waals surface area contributed by atoms with E-state index in [1.54, 1.807) is 0 Å². The summed E-state index contributed by atoms with van der Waals surface area (Å²) in [7, 11) is -0.612. The van der Waals surface area contributed by atoms with Crippen LogP contribution in [0.15, 0.2) is 84.9 Å². The van der Waals surface area contributed by atoms with Gasteiger partial charge in [-0.05, 0) is 36.0 Å². The zero-order chi connectivity index (χ0) is 15.2. The molecule has 3 aromatic carbocycles. The van der Waals surface area contributed by atoms with Gasteiger partial charge in [0, 0.05) is 0 Å². The summed E-state index contributed by atoms with van der Waals surface area (Å²) in [5.74, 6) is 0.565. The normalized spacial score (nSPS) is 10.4. The molecule has 0 heterocycles. The molecule has 0 bridgehead atoms. The SMILES string of the molecule is O=COc1ccc(P(c2ccccc2)c2ccccc2)cc1. The van der Waals surface area contributed by atoms with Crippen LogP contribution < -0.4 is 20.7 Å². The fourth-order valence-corrected chi connectivity index (χ4v) is 4.61. The van der Waals surface area contributed by atoms with Crippen molar-refractivity contribution in [3.8, 4) is 5.75 Å². The minimum atomic E-state index is -0.612. The molecule has 3 aromatic rings. The van der Waals surface area contributed by atoms with E-state index in [9.17, 15) is 4.79 Å². The summed E-state index contributed by atoms with van der Waals surface area (Å²) in [6.45, 7) is 0.451. The van der Waals surface area contributed by atoms with Crippen molar-refractivity contribution in [3.05, 3.63) is 84.9 Å². The average molecular weight is 306 g/mol. The second-order valence-corrected chi connectivity index (χ2v) is 6.93. The number of hydrogen-bond acceptors (Lipinski definition) is 2. The Morgan fingerprint density at radius 1 is 0.636 bits per heavy atom. The van der Waals surface area contributed by atoms with E-state index in [4.69, 9.17) is 4.74 Å².